The fourth-order valence-corrected chi connectivity index (χ4v) is 1.65. The predicted octanol–water partition coefficient (Wildman–Crippen LogP) is 2.38. The van der Waals surface area contributed by atoms with Crippen LogP contribution in [-0.2, 0) is 6.18 Å². The zero-order valence-corrected chi connectivity index (χ0v) is 9.32. The first-order valence-electron chi connectivity index (χ1n) is 5.05. The lowest BCUT2D eigenvalue weighted by molar-refractivity contribution is -0.137. The summed E-state index contributed by atoms with van der Waals surface area (Å²) >= 11 is 0. The van der Waals surface area contributed by atoms with Gasteiger partial charge in [-0.2, -0.15) is 18.3 Å². The van der Waals surface area contributed by atoms with Crippen molar-refractivity contribution >= 4 is 11.8 Å². The van der Waals surface area contributed by atoms with Crippen LogP contribution in [0.25, 0.3) is 11.1 Å². The van der Waals surface area contributed by atoms with Crippen LogP contribution in [0.5, 0.6) is 0 Å². The predicted molar refractivity (Wildman–Crippen MR) is 60.4 cm³/mol. The van der Waals surface area contributed by atoms with Crippen molar-refractivity contribution in [1.29, 1.82) is 0 Å². The number of carboxylic acid groups (broad SMARTS) is 1. The van der Waals surface area contributed by atoms with Gasteiger partial charge in [-0.3, -0.25) is 5.10 Å². The maximum absolute atomic E-state index is 12.6. The second-order valence-electron chi connectivity index (χ2n) is 3.74. The summed E-state index contributed by atoms with van der Waals surface area (Å²) in [7, 11) is 0. The van der Waals surface area contributed by atoms with E-state index in [-0.39, 0.29) is 22.6 Å². The van der Waals surface area contributed by atoms with E-state index in [9.17, 15) is 18.0 Å². The number of nitrogen functional groups attached to an aromatic ring is 1. The monoisotopic (exact) mass is 271 g/mol. The van der Waals surface area contributed by atoms with Crippen molar-refractivity contribution in [3.63, 3.8) is 0 Å². The highest BCUT2D eigenvalue weighted by Gasteiger charge is 2.31. The molecule has 100 valence electrons. The van der Waals surface area contributed by atoms with Gasteiger partial charge in [-0.1, -0.05) is 12.1 Å². The lowest BCUT2D eigenvalue weighted by Gasteiger charge is -2.08. The number of H-pyrrole nitrogens is 1. The summed E-state index contributed by atoms with van der Waals surface area (Å²) in [6, 6.07) is 4.23. The van der Waals surface area contributed by atoms with Gasteiger partial charge in [0.25, 0.3) is 0 Å². The lowest BCUT2D eigenvalue weighted by Crippen LogP contribution is -2.05. The average molecular weight is 271 g/mol. The van der Waals surface area contributed by atoms with E-state index in [0.29, 0.717) is 0 Å². The third-order valence-electron chi connectivity index (χ3n) is 2.49. The van der Waals surface area contributed by atoms with E-state index in [1.807, 2.05) is 0 Å². The first kappa shape index (κ1) is 12.9. The second kappa shape index (κ2) is 4.30. The summed E-state index contributed by atoms with van der Waals surface area (Å²) < 4.78 is 37.8. The fraction of sp³-hybridized carbons (Fsp3) is 0.0909. The molecule has 2 aromatic rings. The minimum absolute atomic E-state index is 0.0403. The van der Waals surface area contributed by atoms with Crippen LogP contribution in [0.15, 0.2) is 24.3 Å². The van der Waals surface area contributed by atoms with Crippen molar-refractivity contribution < 1.29 is 23.1 Å². The molecule has 0 saturated carbocycles. The molecule has 0 unspecified atom stereocenters. The summed E-state index contributed by atoms with van der Waals surface area (Å²) in [6.45, 7) is 0. The Morgan fingerprint density at radius 1 is 1.37 bits per heavy atom. The van der Waals surface area contributed by atoms with Gasteiger partial charge in [-0.25, -0.2) is 4.79 Å². The number of nitrogens with one attached hydrogen (secondary N) is 1. The van der Waals surface area contributed by atoms with Gasteiger partial charge >= 0.3 is 12.1 Å². The van der Waals surface area contributed by atoms with Crippen molar-refractivity contribution in [1.82, 2.24) is 10.2 Å². The Morgan fingerprint density at radius 2 is 2.05 bits per heavy atom. The molecule has 0 fully saturated rings. The molecule has 0 saturated heterocycles. The van der Waals surface area contributed by atoms with Crippen LogP contribution in [0.3, 0.4) is 0 Å². The molecule has 0 aliphatic carbocycles. The molecule has 1 aromatic heterocycles. The molecule has 0 radical (unpaired) electrons. The number of anilines is 1. The molecule has 0 spiro atoms. The lowest BCUT2D eigenvalue weighted by atomic mass is 10.0. The molecule has 1 aromatic carbocycles. The van der Waals surface area contributed by atoms with Gasteiger partial charge in [0.15, 0.2) is 11.5 Å². The number of aromatic carboxylic acids is 1. The molecule has 5 nitrogen and oxygen atoms in total. The largest absolute Gasteiger partial charge is 0.477 e. The van der Waals surface area contributed by atoms with E-state index in [1.165, 1.54) is 12.1 Å². The maximum Gasteiger partial charge on any atom is 0.416 e. The average Bonchev–Trinajstić information content (AvgIpc) is 2.70. The Bertz CT molecular complexity index is 634. The van der Waals surface area contributed by atoms with E-state index in [1.54, 1.807) is 0 Å². The minimum atomic E-state index is -4.52. The first-order chi connectivity index (χ1) is 8.80. The third kappa shape index (κ3) is 2.37. The molecule has 0 bridgehead atoms. The van der Waals surface area contributed by atoms with Gasteiger partial charge in [0.05, 0.1) is 11.1 Å². The molecule has 4 N–H and O–H groups in total. The molecule has 0 atom stereocenters. The SMILES string of the molecule is Nc1n[nH]c(C(=O)O)c1-c1cccc(C(F)(F)F)c1. The molecule has 0 aliphatic heterocycles. The van der Waals surface area contributed by atoms with E-state index >= 15 is 0 Å². The van der Waals surface area contributed by atoms with Crippen LogP contribution >= 0.6 is 0 Å². The van der Waals surface area contributed by atoms with Crippen LogP contribution in [0.4, 0.5) is 19.0 Å². The third-order valence-corrected chi connectivity index (χ3v) is 2.49. The van der Waals surface area contributed by atoms with E-state index in [4.69, 9.17) is 10.8 Å². The van der Waals surface area contributed by atoms with Crippen molar-refractivity contribution in [2.75, 3.05) is 5.73 Å². The van der Waals surface area contributed by atoms with Gasteiger partial charge in [-0.05, 0) is 17.7 Å². The van der Waals surface area contributed by atoms with E-state index in [2.05, 4.69) is 10.2 Å². The zero-order valence-electron chi connectivity index (χ0n) is 9.32. The number of benzene rings is 1. The molecular weight excluding hydrogens is 263 g/mol. The highest BCUT2D eigenvalue weighted by molar-refractivity contribution is 5.97. The van der Waals surface area contributed by atoms with Crippen molar-refractivity contribution in [2.45, 2.75) is 6.18 Å². The molecule has 0 amide bonds. The van der Waals surface area contributed by atoms with Gasteiger partial charge in [0.2, 0.25) is 0 Å². The van der Waals surface area contributed by atoms with Crippen molar-refractivity contribution in [3.8, 4) is 11.1 Å². The first-order valence-corrected chi connectivity index (χ1v) is 5.05. The summed E-state index contributed by atoms with van der Waals surface area (Å²) in [5, 5.41) is 14.6. The van der Waals surface area contributed by atoms with Crippen LogP contribution in [-0.4, -0.2) is 21.3 Å². The number of halogens is 3. The number of nitrogens with two attached hydrogens (primary N) is 1. The Kier molecular flexibility index (Phi) is 2.93. The van der Waals surface area contributed by atoms with Crippen LogP contribution in [0.2, 0.25) is 0 Å². The topological polar surface area (TPSA) is 92.0 Å². The van der Waals surface area contributed by atoms with Crippen molar-refractivity contribution in [3.05, 3.63) is 35.5 Å². The van der Waals surface area contributed by atoms with E-state index < -0.39 is 17.7 Å². The van der Waals surface area contributed by atoms with Crippen LogP contribution in [0.1, 0.15) is 16.1 Å². The molecular formula is C11H8F3N3O2. The highest BCUT2D eigenvalue weighted by atomic mass is 19.4. The van der Waals surface area contributed by atoms with Crippen LogP contribution < -0.4 is 5.73 Å². The molecule has 1 heterocycles. The summed E-state index contributed by atoms with van der Waals surface area (Å²) in [5.74, 6) is -1.52. The number of aromatic amines is 1. The van der Waals surface area contributed by atoms with E-state index in [0.717, 1.165) is 12.1 Å². The standard InChI is InChI=1S/C11H8F3N3O2/c12-11(13,14)6-3-1-2-5(4-6)7-8(10(18)19)16-17-9(7)15/h1-4H,(H,18,19)(H3,15,16,17). The number of carbonyl (C=O) groups is 1. The quantitative estimate of drug-likeness (QED) is 0.781. The number of carboxylic acids is 1. The van der Waals surface area contributed by atoms with Gasteiger partial charge in [-0.15, -0.1) is 0 Å². The smallest absolute Gasteiger partial charge is 0.416 e. The molecule has 8 heteroatoms. The maximum atomic E-state index is 12.6. The Morgan fingerprint density at radius 3 is 2.63 bits per heavy atom. The number of hydrogen-bond acceptors (Lipinski definition) is 3. The fourth-order valence-electron chi connectivity index (χ4n) is 1.65. The van der Waals surface area contributed by atoms with Gasteiger partial charge in [0, 0.05) is 0 Å². The summed E-state index contributed by atoms with van der Waals surface area (Å²) in [6.07, 6.45) is -4.52. The zero-order chi connectivity index (χ0) is 14.2. The summed E-state index contributed by atoms with van der Waals surface area (Å²) in [5.41, 5.74) is 4.23. The molecule has 19 heavy (non-hydrogen) atoms. The van der Waals surface area contributed by atoms with Gasteiger partial charge < -0.3 is 10.8 Å². The number of nitrogens with zero attached hydrogens (tertiary/aromatic N) is 1. The number of aromatic nitrogens is 2. The Labute approximate surface area is 104 Å². The normalized spacial score (nSPS) is 11.5. The Hall–Kier alpha value is -2.51. The Balaban J connectivity index is 2.60. The molecule has 0 aliphatic rings. The second-order valence-corrected chi connectivity index (χ2v) is 3.74. The van der Waals surface area contributed by atoms with Gasteiger partial charge in [0.1, 0.15) is 0 Å². The number of hydrogen-bond donors (Lipinski definition) is 3. The summed E-state index contributed by atoms with van der Waals surface area (Å²) in [4.78, 5) is 10.9. The highest BCUT2D eigenvalue weighted by Crippen LogP contribution is 2.34. The number of alkyl halides is 3. The van der Waals surface area contributed by atoms with Crippen LogP contribution in [0, 0.1) is 0 Å². The van der Waals surface area contributed by atoms with Crippen molar-refractivity contribution in [2.24, 2.45) is 0 Å². The number of rotatable bonds is 2. The molecule has 2 rings (SSSR count). The minimum Gasteiger partial charge on any atom is -0.477 e.